The monoisotopic (exact) mass is 309 g/mol. The fourth-order valence-corrected chi connectivity index (χ4v) is 1.92. The molecule has 0 aliphatic rings. The van der Waals surface area contributed by atoms with Crippen LogP contribution in [-0.2, 0) is 22.7 Å². The van der Waals surface area contributed by atoms with Gasteiger partial charge in [0.25, 0.3) is 5.91 Å². The number of nitrogens with one attached hydrogen (secondary N) is 2. The van der Waals surface area contributed by atoms with Gasteiger partial charge in [0.1, 0.15) is 5.70 Å². The predicted molar refractivity (Wildman–Crippen MR) is 88.8 cm³/mol. The molecule has 0 aromatic heterocycles. The van der Waals surface area contributed by atoms with Crippen LogP contribution in [0.15, 0.2) is 72.4 Å². The van der Waals surface area contributed by atoms with Gasteiger partial charge in [-0.3, -0.25) is 9.59 Å². The van der Waals surface area contributed by atoms with Gasteiger partial charge in [0.05, 0.1) is 0 Å². The quantitative estimate of drug-likeness (QED) is 0.706. The normalized spacial score (nSPS) is 10.9. The molecule has 0 heterocycles. The van der Waals surface area contributed by atoms with E-state index in [-0.39, 0.29) is 5.70 Å². The highest BCUT2D eigenvalue weighted by molar-refractivity contribution is 6.00. The van der Waals surface area contributed by atoms with Gasteiger partial charge in [0, 0.05) is 19.2 Å². The fourth-order valence-electron chi connectivity index (χ4n) is 1.92. The number of hydrogen-bond donors (Lipinski definition) is 3. The zero-order chi connectivity index (χ0) is 16.5. The van der Waals surface area contributed by atoms with Gasteiger partial charge in [-0.1, -0.05) is 60.7 Å². The van der Waals surface area contributed by atoms with E-state index < -0.39 is 11.8 Å². The Hall–Kier alpha value is -3.08. The van der Waals surface area contributed by atoms with Crippen LogP contribution in [0.5, 0.6) is 0 Å². The first-order chi connectivity index (χ1) is 11.1. The largest absolute Gasteiger partial charge is 0.394 e. The Morgan fingerprint density at radius 1 is 0.826 bits per heavy atom. The highest BCUT2D eigenvalue weighted by Gasteiger charge is 2.07. The molecule has 0 bridgehead atoms. The molecule has 0 aliphatic heterocycles. The van der Waals surface area contributed by atoms with Crippen LogP contribution in [0, 0.1) is 0 Å². The predicted octanol–water partition coefficient (Wildman–Crippen LogP) is 1.46. The topological polar surface area (TPSA) is 84.2 Å². The number of rotatable bonds is 6. The second-order valence-electron chi connectivity index (χ2n) is 4.97. The van der Waals surface area contributed by atoms with Crippen molar-refractivity contribution < 1.29 is 9.59 Å². The van der Waals surface area contributed by atoms with Gasteiger partial charge in [-0.2, -0.15) is 0 Å². The van der Waals surface area contributed by atoms with Crippen molar-refractivity contribution in [1.29, 1.82) is 0 Å². The van der Waals surface area contributed by atoms with Gasteiger partial charge in [-0.15, -0.1) is 0 Å². The van der Waals surface area contributed by atoms with E-state index in [1.165, 1.54) is 0 Å². The van der Waals surface area contributed by atoms with Crippen molar-refractivity contribution in [2.24, 2.45) is 5.73 Å². The lowest BCUT2D eigenvalue weighted by atomic mass is 10.2. The Morgan fingerprint density at radius 2 is 1.30 bits per heavy atom. The van der Waals surface area contributed by atoms with Crippen LogP contribution in [0.25, 0.3) is 0 Å². The summed E-state index contributed by atoms with van der Waals surface area (Å²) < 4.78 is 0. The molecule has 2 aromatic rings. The van der Waals surface area contributed by atoms with Crippen molar-refractivity contribution in [3.05, 3.63) is 83.6 Å². The summed E-state index contributed by atoms with van der Waals surface area (Å²) in [5, 5.41) is 5.35. The molecule has 23 heavy (non-hydrogen) atoms. The summed E-state index contributed by atoms with van der Waals surface area (Å²) in [5.41, 5.74) is 7.45. The first kappa shape index (κ1) is 16.3. The molecule has 4 N–H and O–H groups in total. The molecule has 0 spiro atoms. The highest BCUT2D eigenvalue weighted by Crippen LogP contribution is 1.99. The molecule has 0 atom stereocenters. The molecule has 5 heteroatoms. The van der Waals surface area contributed by atoms with Gasteiger partial charge < -0.3 is 16.4 Å². The van der Waals surface area contributed by atoms with E-state index in [2.05, 4.69) is 10.6 Å². The molecule has 0 fully saturated rings. The highest BCUT2D eigenvalue weighted by atomic mass is 16.2. The Kier molecular flexibility index (Phi) is 5.94. The standard InChI is InChI=1S/C18H19N3O2/c19-16(18(23)21-13-15-9-5-2-6-10-15)11-17(22)20-12-14-7-3-1-4-8-14/h1-11H,12-13,19H2,(H,20,22)(H,21,23)/b16-11-. The minimum absolute atomic E-state index is 0.119. The van der Waals surface area contributed by atoms with Crippen LogP contribution in [0.3, 0.4) is 0 Å². The minimum atomic E-state index is -0.469. The maximum Gasteiger partial charge on any atom is 0.267 e. The Morgan fingerprint density at radius 3 is 1.83 bits per heavy atom. The molecule has 2 aromatic carbocycles. The lowest BCUT2D eigenvalue weighted by molar-refractivity contribution is -0.119. The number of carbonyl (C=O) groups excluding carboxylic acids is 2. The zero-order valence-electron chi connectivity index (χ0n) is 12.7. The van der Waals surface area contributed by atoms with Crippen molar-refractivity contribution in [3.63, 3.8) is 0 Å². The van der Waals surface area contributed by atoms with Crippen molar-refractivity contribution in [1.82, 2.24) is 10.6 Å². The summed E-state index contributed by atoms with van der Waals surface area (Å²) >= 11 is 0. The summed E-state index contributed by atoms with van der Waals surface area (Å²) in [7, 11) is 0. The summed E-state index contributed by atoms with van der Waals surface area (Å²) in [4.78, 5) is 23.6. The first-order valence-corrected chi connectivity index (χ1v) is 7.26. The van der Waals surface area contributed by atoms with Crippen molar-refractivity contribution in [2.75, 3.05) is 0 Å². The third-order valence-corrected chi connectivity index (χ3v) is 3.15. The summed E-state index contributed by atoms with van der Waals surface area (Å²) in [6.45, 7) is 0.745. The molecular formula is C18H19N3O2. The lowest BCUT2D eigenvalue weighted by Gasteiger charge is -2.06. The molecule has 0 saturated carbocycles. The Bertz CT molecular complexity index is 682. The molecule has 0 unspecified atom stereocenters. The third-order valence-electron chi connectivity index (χ3n) is 3.15. The summed E-state index contributed by atoms with van der Waals surface area (Å²) in [5.74, 6) is -0.870. The molecule has 0 radical (unpaired) electrons. The average molecular weight is 309 g/mol. The van der Waals surface area contributed by atoms with Gasteiger partial charge in [-0.05, 0) is 11.1 Å². The number of nitrogens with two attached hydrogens (primary N) is 1. The van der Waals surface area contributed by atoms with Crippen LogP contribution in [-0.4, -0.2) is 11.8 Å². The third kappa shape index (κ3) is 5.67. The zero-order valence-corrected chi connectivity index (χ0v) is 12.7. The summed E-state index contributed by atoms with van der Waals surface area (Å²) in [6, 6.07) is 19.0. The minimum Gasteiger partial charge on any atom is -0.394 e. The number of amides is 2. The van der Waals surface area contributed by atoms with E-state index in [0.29, 0.717) is 13.1 Å². The van der Waals surface area contributed by atoms with E-state index >= 15 is 0 Å². The van der Waals surface area contributed by atoms with E-state index in [4.69, 9.17) is 5.73 Å². The van der Waals surface area contributed by atoms with Gasteiger partial charge in [0.15, 0.2) is 0 Å². The van der Waals surface area contributed by atoms with E-state index in [9.17, 15) is 9.59 Å². The smallest absolute Gasteiger partial charge is 0.267 e. The van der Waals surface area contributed by atoms with Crippen molar-refractivity contribution in [2.45, 2.75) is 13.1 Å². The second kappa shape index (κ2) is 8.38. The van der Waals surface area contributed by atoms with E-state index in [0.717, 1.165) is 17.2 Å². The SMILES string of the molecule is N/C(=C\C(=O)NCc1ccccc1)C(=O)NCc1ccccc1. The van der Waals surface area contributed by atoms with Crippen molar-refractivity contribution in [3.8, 4) is 0 Å². The van der Waals surface area contributed by atoms with Crippen LogP contribution in [0.1, 0.15) is 11.1 Å². The van der Waals surface area contributed by atoms with Crippen LogP contribution in [0.4, 0.5) is 0 Å². The van der Waals surface area contributed by atoms with Crippen LogP contribution in [0.2, 0.25) is 0 Å². The lowest BCUT2D eigenvalue weighted by Crippen LogP contribution is -2.30. The average Bonchev–Trinajstić information content (AvgIpc) is 2.59. The first-order valence-electron chi connectivity index (χ1n) is 7.26. The van der Waals surface area contributed by atoms with Crippen LogP contribution >= 0.6 is 0 Å². The molecular weight excluding hydrogens is 290 g/mol. The second-order valence-corrected chi connectivity index (χ2v) is 4.97. The Balaban J connectivity index is 1.80. The molecule has 2 rings (SSSR count). The van der Waals surface area contributed by atoms with Gasteiger partial charge in [-0.25, -0.2) is 0 Å². The molecule has 0 aliphatic carbocycles. The molecule has 2 amide bonds. The number of hydrogen-bond acceptors (Lipinski definition) is 3. The molecule has 5 nitrogen and oxygen atoms in total. The fraction of sp³-hybridized carbons (Fsp3) is 0.111. The number of benzene rings is 2. The number of carbonyl (C=O) groups is 2. The van der Waals surface area contributed by atoms with E-state index in [1.54, 1.807) is 0 Å². The molecule has 118 valence electrons. The van der Waals surface area contributed by atoms with Gasteiger partial charge in [0.2, 0.25) is 5.91 Å². The molecule has 0 saturated heterocycles. The Labute approximate surface area is 135 Å². The summed E-state index contributed by atoms with van der Waals surface area (Å²) in [6.07, 6.45) is 1.10. The maximum absolute atomic E-state index is 11.8. The maximum atomic E-state index is 11.8. The van der Waals surface area contributed by atoms with Crippen molar-refractivity contribution >= 4 is 11.8 Å². The van der Waals surface area contributed by atoms with E-state index in [1.807, 2.05) is 60.7 Å². The van der Waals surface area contributed by atoms with Crippen LogP contribution < -0.4 is 16.4 Å². The van der Waals surface area contributed by atoms with Gasteiger partial charge >= 0.3 is 0 Å².